The van der Waals surface area contributed by atoms with Crippen LogP contribution in [0, 0.1) is 6.92 Å². The molecule has 1 amide bonds. The van der Waals surface area contributed by atoms with Crippen LogP contribution in [0.25, 0.3) is 0 Å². The highest BCUT2D eigenvalue weighted by Gasteiger charge is 2.09. The summed E-state index contributed by atoms with van der Waals surface area (Å²) in [5.41, 5.74) is 3.02. The Balaban J connectivity index is 1.95. The molecule has 3 nitrogen and oxygen atoms in total. The third-order valence-corrected chi connectivity index (χ3v) is 3.44. The predicted octanol–water partition coefficient (Wildman–Crippen LogP) is 3.52. The van der Waals surface area contributed by atoms with Crippen molar-refractivity contribution in [3.05, 3.63) is 64.2 Å². The van der Waals surface area contributed by atoms with Gasteiger partial charge in [-0.05, 0) is 30.7 Å². The van der Waals surface area contributed by atoms with Gasteiger partial charge in [-0.15, -0.1) is 0 Å². The lowest BCUT2D eigenvalue weighted by atomic mass is 10.1. The van der Waals surface area contributed by atoms with Gasteiger partial charge >= 0.3 is 0 Å². The number of carbonyl (C=O) groups is 1. The van der Waals surface area contributed by atoms with Gasteiger partial charge in [-0.3, -0.25) is 4.79 Å². The van der Waals surface area contributed by atoms with Crippen LogP contribution in [0.1, 0.15) is 16.7 Å². The van der Waals surface area contributed by atoms with Crippen LogP contribution in [-0.4, -0.2) is 13.0 Å². The molecule has 1 N–H and O–H groups in total. The van der Waals surface area contributed by atoms with Crippen LogP contribution in [0.2, 0.25) is 5.02 Å². The lowest BCUT2D eigenvalue weighted by Crippen LogP contribution is -2.24. The van der Waals surface area contributed by atoms with Crippen LogP contribution in [-0.2, 0) is 17.8 Å². The van der Waals surface area contributed by atoms with Crippen molar-refractivity contribution in [2.75, 3.05) is 7.11 Å². The smallest absolute Gasteiger partial charge is 0.224 e. The number of hydrogen-bond donors (Lipinski definition) is 1. The molecule has 110 valence electrons. The second-order valence-corrected chi connectivity index (χ2v) is 5.33. The van der Waals surface area contributed by atoms with Crippen LogP contribution in [0.3, 0.4) is 0 Å². The summed E-state index contributed by atoms with van der Waals surface area (Å²) in [4.78, 5) is 12.0. The number of halogens is 1. The van der Waals surface area contributed by atoms with E-state index in [1.807, 2.05) is 49.4 Å². The van der Waals surface area contributed by atoms with Crippen molar-refractivity contribution < 1.29 is 9.53 Å². The lowest BCUT2D eigenvalue weighted by Gasteiger charge is -2.10. The molecule has 0 aromatic heterocycles. The SMILES string of the molecule is COc1ccc(C)cc1CC(=O)NCc1ccc(Cl)cc1. The molecule has 2 rings (SSSR count). The zero-order valence-corrected chi connectivity index (χ0v) is 12.9. The van der Waals surface area contributed by atoms with Gasteiger partial charge in [0.05, 0.1) is 13.5 Å². The highest BCUT2D eigenvalue weighted by atomic mass is 35.5. The number of benzene rings is 2. The Morgan fingerprint density at radius 1 is 1.19 bits per heavy atom. The zero-order chi connectivity index (χ0) is 15.2. The maximum Gasteiger partial charge on any atom is 0.224 e. The van der Waals surface area contributed by atoms with E-state index in [0.29, 0.717) is 18.0 Å². The standard InChI is InChI=1S/C17H18ClNO2/c1-12-3-8-16(21-2)14(9-12)10-17(20)19-11-13-4-6-15(18)7-5-13/h3-9H,10-11H2,1-2H3,(H,19,20). The first-order valence-corrected chi connectivity index (χ1v) is 7.11. The maximum atomic E-state index is 12.0. The molecule has 0 aliphatic carbocycles. The molecule has 0 aliphatic heterocycles. The predicted molar refractivity (Wildman–Crippen MR) is 84.7 cm³/mol. The van der Waals surface area contributed by atoms with E-state index in [2.05, 4.69) is 5.32 Å². The Morgan fingerprint density at radius 2 is 1.90 bits per heavy atom. The molecular formula is C17H18ClNO2. The number of nitrogens with one attached hydrogen (secondary N) is 1. The maximum absolute atomic E-state index is 12.0. The summed E-state index contributed by atoms with van der Waals surface area (Å²) in [5.74, 6) is 0.705. The molecule has 0 fully saturated rings. The first-order chi connectivity index (χ1) is 10.1. The Morgan fingerprint density at radius 3 is 2.57 bits per heavy atom. The molecule has 0 aliphatic rings. The zero-order valence-electron chi connectivity index (χ0n) is 12.2. The molecule has 2 aromatic carbocycles. The average Bonchev–Trinajstić information content (AvgIpc) is 2.47. The minimum atomic E-state index is -0.0335. The highest BCUT2D eigenvalue weighted by Crippen LogP contribution is 2.20. The fraction of sp³-hybridized carbons (Fsp3) is 0.235. The first kappa shape index (κ1) is 15.4. The molecule has 0 spiro atoms. The summed E-state index contributed by atoms with van der Waals surface area (Å²) in [6.45, 7) is 2.48. The number of methoxy groups -OCH3 is 1. The Hall–Kier alpha value is -2.00. The summed E-state index contributed by atoms with van der Waals surface area (Å²) in [6.07, 6.45) is 0.304. The highest BCUT2D eigenvalue weighted by molar-refractivity contribution is 6.30. The Kier molecular flexibility index (Phi) is 5.23. The van der Waals surface area contributed by atoms with E-state index >= 15 is 0 Å². The molecule has 0 heterocycles. The largest absolute Gasteiger partial charge is 0.496 e. The molecular weight excluding hydrogens is 286 g/mol. The lowest BCUT2D eigenvalue weighted by molar-refractivity contribution is -0.120. The monoisotopic (exact) mass is 303 g/mol. The quantitative estimate of drug-likeness (QED) is 0.918. The van der Waals surface area contributed by atoms with E-state index in [9.17, 15) is 4.79 Å². The van der Waals surface area contributed by atoms with Crippen molar-refractivity contribution in [3.63, 3.8) is 0 Å². The molecule has 2 aromatic rings. The summed E-state index contributed by atoms with van der Waals surface area (Å²) in [7, 11) is 1.61. The van der Waals surface area contributed by atoms with Crippen molar-refractivity contribution in [3.8, 4) is 5.75 Å². The Bertz CT molecular complexity index is 623. The minimum Gasteiger partial charge on any atom is -0.496 e. The van der Waals surface area contributed by atoms with E-state index < -0.39 is 0 Å². The third kappa shape index (κ3) is 4.50. The number of rotatable bonds is 5. The molecule has 21 heavy (non-hydrogen) atoms. The topological polar surface area (TPSA) is 38.3 Å². The van der Waals surface area contributed by atoms with Crippen molar-refractivity contribution in [2.45, 2.75) is 19.9 Å². The van der Waals surface area contributed by atoms with Crippen LogP contribution >= 0.6 is 11.6 Å². The Labute approximate surface area is 129 Å². The number of aryl methyl sites for hydroxylation is 1. The summed E-state index contributed by atoms with van der Waals surface area (Å²) < 4.78 is 5.28. The van der Waals surface area contributed by atoms with Gasteiger partial charge in [-0.2, -0.15) is 0 Å². The van der Waals surface area contributed by atoms with Gasteiger partial charge in [0.2, 0.25) is 5.91 Å². The molecule has 0 bridgehead atoms. The molecule has 4 heteroatoms. The van der Waals surface area contributed by atoms with E-state index in [1.54, 1.807) is 7.11 Å². The van der Waals surface area contributed by atoms with Crippen LogP contribution in [0.4, 0.5) is 0 Å². The second kappa shape index (κ2) is 7.14. The van der Waals surface area contributed by atoms with Crippen molar-refractivity contribution in [1.29, 1.82) is 0 Å². The summed E-state index contributed by atoms with van der Waals surface area (Å²) >= 11 is 5.83. The molecule has 0 unspecified atom stereocenters. The van der Waals surface area contributed by atoms with Gasteiger partial charge in [0.1, 0.15) is 5.75 Å². The number of hydrogen-bond acceptors (Lipinski definition) is 2. The van der Waals surface area contributed by atoms with Gasteiger partial charge in [0, 0.05) is 17.1 Å². The van der Waals surface area contributed by atoms with Crippen LogP contribution in [0.15, 0.2) is 42.5 Å². The van der Waals surface area contributed by atoms with Gasteiger partial charge in [0.15, 0.2) is 0 Å². The number of ether oxygens (including phenoxy) is 1. The van der Waals surface area contributed by atoms with Gasteiger partial charge in [0.25, 0.3) is 0 Å². The molecule has 0 saturated heterocycles. The van der Waals surface area contributed by atoms with E-state index in [1.165, 1.54) is 0 Å². The van der Waals surface area contributed by atoms with Gasteiger partial charge in [-0.25, -0.2) is 0 Å². The van der Waals surface area contributed by atoms with Crippen LogP contribution < -0.4 is 10.1 Å². The normalized spacial score (nSPS) is 10.2. The van der Waals surface area contributed by atoms with Crippen molar-refractivity contribution >= 4 is 17.5 Å². The van der Waals surface area contributed by atoms with Gasteiger partial charge < -0.3 is 10.1 Å². The fourth-order valence-electron chi connectivity index (χ4n) is 2.08. The molecule has 0 saturated carbocycles. The number of carbonyl (C=O) groups excluding carboxylic acids is 1. The van der Waals surface area contributed by atoms with Crippen molar-refractivity contribution in [2.24, 2.45) is 0 Å². The van der Waals surface area contributed by atoms with Gasteiger partial charge in [-0.1, -0.05) is 41.4 Å². The van der Waals surface area contributed by atoms with Crippen molar-refractivity contribution in [1.82, 2.24) is 5.32 Å². The van der Waals surface area contributed by atoms with Crippen LogP contribution in [0.5, 0.6) is 5.75 Å². The first-order valence-electron chi connectivity index (χ1n) is 6.73. The fourth-order valence-corrected chi connectivity index (χ4v) is 2.21. The summed E-state index contributed by atoms with van der Waals surface area (Å²) in [5, 5.41) is 3.59. The molecule has 0 radical (unpaired) electrons. The summed E-state index contributed by atoms with van der Waals surface area (Å²) in [6, 6.07) is 13.2. The minimum absolute atomic E-state index is 0.0335. The van der Waals surface area contributed by atoms with E-state index in [0.717, 1.165) is 22.4 Å². The number of amides is 1. The van der Waals surface area contributed by atoms with E-state index in [-0.39, 0.29) is 5.91 Å². The average molecular weight is 304 g/mol. The second-order valence-electron chi connectivity index (χ2n) is 4.90. The third-order valence-electron chi connectivity index (χ3n) is 3.19. The van der Waals surface area contributed by atoms with E-state index in [4.69, 9.17) is 16.3 Å². The molecule has 0 atom stereocenters.